The molecule has 2 N–H and O–H groups in total. The molecule has 1 aliphatic carbocycles. The third-order valence-corrected chi connectivity index (χ3v) is 8.13. The molecule has 1 aromatic carbocycles. The molecule has 36 heavy (non-hydrogen) atoms. The van der Waals surface area contributed by atoms with E-state index in [1.54, 1.807) is 0 Å². The molecule has 0 spiro atoms. The van der Waals surface area contributed by atoms with Crippen LogP contribution < -0.4 is 10.6 Å². The number of carbonyl (C=O) groups excluding carboxylic acids is 1. The van der Waals surface area contributed by atoms with Crippen molar-refractivity contribution in [3.63, 3.8) is 0 Å². The highest BCUT2D eigenvalue weighted by Gasteiger charge is 2.37. The summed E-state index contributed by atoms with van der Waals surface area (Å²) in [6.45, 7) is 15.1. The Labute approximate surface area is 217 Å². The Kier molecular flexibility index (Phi) is 8.36. The molecule has 2 heterocycles. The number of nitrogens with two attached hydrogens (primary N) is 1. The van der Waals surface area contributed by atoms with Gasteiger partial charge in [0.15, 0.2) is 0 Å². The average molecular weight is 493 g/mol. The van der Waals surface area contributed by atoms with E-state index in [1.807, 2.05) is 0 Å². The fourth-order valence-electron chi connectivity index (χ4n) is 5.57. The Morgan fingerprint density at radius 2 is 1.67 bits per heavy atom. The van der Waals surface area contributed by atoms with Crippen LogP contribution in [0.3, 0.4) is 0 Å². The maximum Gasteiger partial charge on any atom is 0.319 e. The number of nitrogens with zero attached hydrogens (tertiary/aromatic N) is 3. The molecule has 0 saturated carbocycles. The van der Waals surface area contributed by atoms with Crippen molar-refractivity contribution < 1.29 is 9.53 Å². The van der Waals surface area contributed by atoms with Gasteiger partial charge in [0.1, 0.15) is 5.82 Å². The van der Waals surface area contributed by atoms with Crippen molar-refractivity contribution in [1.82, 2.24) is 9.88 Å². The predicted molar refractivity (Wildman–Crippen MR) is 147 cm³/mol. The molecule has 4 rings (SSSR count). The van der Waals surface area contributed by atoms with Crippen LogP contribution in [-0.4, -0.2) is 61.7 Å². The number of anilines is 1. The van der Waals surface area contributed by atoms with Crippen molar-refractivity contribution >= 4 is 11.8 Å². The summed E-state index contributed by atoms with van der Waals surface area (Å²) in [6.07, 6.45) is 5.54. The number of unbranched alkanes of at least 4 members (excludes halogenated alkanes) is 2. The molecule has 0 unspecified atom stereocenters. The largest absolute Gasteiger partial charge is 0.465 e. The number of fused-ring (bicyclic) bond motifs is 1. The lowest BCUT2D eigenvalue weighted by molar-refractivity contribution is -0.142. The Morgan fingerprint density at radius 3 is 2.39 bits per heavy atom. The predicted octanol–water partition coefficient (Wildman–Crippen LogP) is 4.89. The molecule has 1 saturated heterocycles. The van der Waals surface area contributed by atoms with E-state index in [-0.39, 0.29) is 23.3 Å². The minimum Gasteiger partial charge on any atom is -0.465 e. The number of hydrogen-bond donors (Lipinski definition) is 1. The van der Waals surface area contributed by atoms with Crippen LogP contribution in [0.4, 0.5) is 5.82 Å². The SMILES string of the molecule is CC1(C)CCC(C)(C)c2cc(-c3cccc(N4CCN(CCCCCOC(=O)CN)CC4)n3)ccc21. The first kappa shape index (κ1) is 26.6. The molecule has 6 nitrogen and oxygen atoms in total. The molecule has 0 amide bonds. The molecular weight excluding hydrogens is 448 g/mol. The van der Waals surface area contributed by atoms with Crippen LogP contribution in [0, 0.1) is 0 Å². The lowest BCUT2D eigenvalue weighted by atomic mass is 9.63. The maximum absolute atomic E-state index is 11.1. The van der Waals surface area contributed by atoms with E-state index in [1.165, 1.54) is 29.5 Å². The molecule has 1 aliphatic heterocycles. The monoisotopic (exact) mass is 492 g/mol. The summed E-state index contributed by atoms with van der Waals surface area (Å²) < 4.78 is 5.04. The molecule has 1 fully saturated rings. The van der Waals surface area contributed by atoms with Gasteiger partial charge in [0.05, 0.1) is 18.8 Å². The Hall–Kier alpha value is -2.44. The topological polar surface area (TPSA) is 71.7 Å². The van der Waals surface area contributed by atoms with Gasteiger partial charge in [-0.2, -0.15) is 0 Å². The number of benzene rings is 1. The molecular formula is C30H44N4O2. The summed E-state index contributed by atoms with van der Waals surface area (Å²) in [5.41, 5.74) is 10.9. The molecule has 196 valence electrons. The van der Waals surface area contributed by atoms with Crippen LogP contribution in [-0.2, 0) is 20.4 Å². The first-order valence-corrected chi connectivity index (χ1v) is 13.6. The lowest BCUT2D eigenvalue weighted by Gasteiger charge is -2.42. The Balaban J connectivity index is 1.33. The lowest BCUT2D eigenvalue weighted by Crippen LogP contribution is -2.46. The second kappa shape index (κ2) is 11.3. The fraction of sp³-hybridized carbons (Fsp3) is 0.600. The Morgan fingerprint density at radius 1 is 0.944 bits per heavy atom. The van der Waals surface area contributed by atoms with Gasteiger partial charge in [-0.1, -0.05) is 45.9 Å². The van der Waals surface area contributed by atoms with Gasteiger partial charge in [0, 0.05) is 31.7 Å². The standard InChI is InChI=1S/C30H44N4O2/c1-29(2)13-14-30(3,4)25-21-23(11-12-24(25)29)26-9-8-10-27(32-26)34-18-16-33(17-19-34)15-6-5-7-20-36-28(35)22-31/h8-12,21H,5-7,13-20,22,31H2,1-4H3. The molecule has 1 aromatic heterocycles. The van der Waals surface area contributed by atoms with E-state index in [9.17, 15) is 4.79 Å². The van der Waals surface area contributed by atoms with Gasteiger partial charge < -0.3 is 15.4 Å². The van der Waals surface area contributed by atoms with Gasteiger partial charge in [-0.25, -0.2) is 4.98 Å². The molecule has 0 radical (unpaired) electrons. The summed E-state index contributed by atoms with van der Waals surface area (Å²) in [5, 5.41) is 0. The molecule has 2 aliphatic rings. The summed E-state index contributed by atoms with van der Waals surface area (Å²) in [4.78, 5) is 21.1. The second-order valence-corrected chi connectivity index (χ2v) is 11.7. The van der Waals surface area contributed by atoms with Gasteiger partial charge in [-0.3, -0.25) is 9.69 Å². The van der Waals surface area contributed by atoms with Crippen LogP contribution in [0.1, 0.15) is 70.9 Å². The molecule has 6 heteroatoms. The van der Waals surface area contributed by atoms with E-state index in [2.05, 4.69) is 73.9 Å². The third kappa shape index (κ3) is 6.27. The number of esters is 1. The number of carbonyl (C=O) groups is 1. The number of piperazine rings is 1. The van der Waals surface area contributed by atoms with E-state index in [0.29, 0.717) is 6.61 Å². The highest BCUT2D eigenvalue weighted by atomic mass is 16.5. The summed E-state index contributed by atoms with van der Waals surface area (Å²) >= 11 is 0. The molecule has 0 atom stereocenters. The van der Waals surface area contributed by atoms with Crippen molar-refractivity contribution in [3.8, 4) is 11.3 Å². The van der Waals surface area contributed by atoms with E-state index in [0.717, 1.165) is 63.5 Å². The summed E-state index contributed by atoms with van der Waals surface area (Å²) in [7, 11) is 0. The van der Waals surface area contributed by atoms with Crippen molar-refractivity contribution in [1.29, 1.82) is 0 Å². The zero-order chi connectivity index (χ0) is 25.8. The second-order valence-electron chi connectivity index (χ2n) is 11.7. The minimum absolute atomic E-state index is 0.0358. The van der Waals surface area contributed by atoms with Crippen molar-refractivity contribution in [2.45, 2.75) is 70.6 Å². The number of aromatic nitrogens is 1. The molecule has 2 aromatic rings. The normalized spacial score (nSPS) is 19.1. The zero-order valence-corrected chi connectivity index (χ0v) is 22.7. The van der Waals surface area contributed by atoms with E-state index < -0.39 is 0 Å². The highest BCUT2D eigenvalue weighted by molar-refractivity contribution is 5.71. The van der Waals surface area contributed by atoms with Crippen molar-refractivity contribution in [2.75, 3.05) is 50.8 Å². The number of rotatable bonds is 9. The highest BCUT2D eigenvalue weighted by Crippen LogP contribution is 2.46. The van der Waals surface area contributed by atoms with Gasteiger partial charge in [-0.05, 0) is 78.8 Å². The van der Waals surface area contributed by atoms with Crippen LogP contribution in [0.15, 0.2) is 36.4 Å². The van der Waals surface area contributed by atoms with Crippen LogP contribution in [0.2, 0.25) is 0 Å². The van der Waals surface area contributed by atoms with E-state index >= 15 is 0 Å². The van der Waals surface area contributed by atoms with Crippen LogP contribution in [0.5, 0.6) is 0 Å². The number of hydrogen-bond acceptors (Lipinski definition) is 6. The Bertz CT molecular complexity index is 1040. The van der Waals surface area contributed by atoms with Gasteiger partial charge in [0.25, 0.3) is 0 Å². The molecule has 0 bridgehead atoms. The van der Waals surface area contributed by atoms with E-state index in [4.69, 9.17) is 15.5 Å². The smallest absolute Gasteiger partial charge is 0.319 e. The maximum atomic E-state index is 11.1. The van der Waals surface area contributed by atoms with Crippen LogP contribution in [0.25, 0.3) is 11.3 Å². The van der Waals surface area contributed by atoms with Gasteiger partial charge in [-0.15, -0.1) is 0 Å². The number of ether oxygens (including phenoxy) is 1. The average Bonchev–Trinajstić information content (AvgIpc) is 2.89. The van der Waals surface area contributed by atoms with Gasteiger partial charge in [0.2, 0.25) is 0 Å². The zero-order valence-electron chi connectivity index (χ0n) is 22.7. The first-order valence-electron chi connectivity index (χ1n) is 13.6. The summed E-state index contributed by atoms with van der Waals surface area (Å²) in [6, 6.07) is 13.5. The summed E-state index contributed by atoms with van der Waals surface area (Å²) in [5.74, 6) is 0.759. The quantitative estimate of drug-likeness (QED) is 0.397. The minimum atomic E-state index is -0.316. The van der Waals surface area contributed by atoms with Gasteiger partial charge >= 0.3 is 5.97 Å². The fourth-order valence-corrected chi connectivity index (χ4v) is 5.57. The third-order valence-electron chi connectivity index (χ3n) is 8.13. The van der Waals surface area contributed by atoms with Crippen LogP contribution >= 0.6 is 0 Å². The van der Waals surface area contributed by atoms with Crippen molar-refractivity contribution in [2.24, 2.45) is 5.73 Å². The van der Waals surface area contributed by atoms with Crippen molar-refractivity contribution in [3.05, 3.63) is 47.5 Å². The first-order chi connectivity index (χ1) is 17.2. The number of pyridine rings is 1.